The standard InChI is InChI=1S/C16H15BrFNO/c1-9-6-13(18)12(17)8-15(9)19-10(2)7-11-14(19)4-3-5-16(11)20/h6-8H,3-5H2,1-2H3. The number of aryl methyl sites for hydroxylation is 2. The molecule has 0 radical (unpaired) electrons. The van der Waals surface area contributed by atoms with E-state index in [0.29, 0.717) is 10.9 Å². The van der Waals surface area contributed by atoms with Crippen molar-refractivity contribution in [1.82, 2.24) is 4.57 Å². The Kier molecular flexibility index (Phi) is 3.28. The molecule has 2 aromatic rings. The first-order valence-corrected chi connectivity index (χ1v) is 7.49. The number of hydrogen-bond acceptors (Lipinski definition) is 1. The highest BCUT2D eigenvalue weighted by Crippen LogP contribution is 2.31. The SMILES string of the molecule is Cc1cc(F)c(Br)cc1-n1c(C)cc2c1CCCC2=O. The van der Waals surface area contributed by atoms with Crippen molar-refractivity contribution < 1.29 is 9.18 Å². The molecule has 1 aromatic heterocycles. The van der Waals surface area contributed by atoms with Crippen LogP contribution < -0.4 is 0 Å². The summed E-state index contributed by atoms with van der Waals surface area (Å²) in [5.74, 6) is -0.0482. The quantitative estimate of drug-likeness (QED) is 0.751. The van der Waals surface area contributed by atoms with E-state index in [1.807, 2.05) is 19.9 Å². The number of ketones is 1. The summed E-state index contributed by atoms with van der Waals surface area (Å²) in [7, 11) is 0. The molecule has 0 spiro atoms. The normalized spacial score (nSPS) is 14.5. The van der Waals surface area contributed by atoms with Gasteiger partial charge in [-0.15, -0.1) is 0 Å². The number of aromatic nitrogens is 1. The Hall–Kier alpha value is -1.42. The number of fused-ring (bicyclic) bond motifs is 1. The van der Waals surface area contributed by atoms with Gasteiger partial charge in [0.2, 0.25) is 0 Å². The number of hydrogen-bond donors (Lipinski definition) is 0. The number of carbonyl (C=O) groups excluding carboxylic acids is 1. The maximum atomic E-state index is 13.6. The van der Waals surface area contributed by atoms with E-state index in [1.165, 1.54) is 6.07 Å². The zero-order chi connectivity index (χ0) is 14.4. The third-order valence-electron chi connectivity index (χ3n) is 3.88. The monoisotopic (exact) mass is 335 g/mol. The van der Waals surface area contributed by atoms with E-state index in [9.17, 15) is 9.18 Å². The smallest absolute Gasteiger partial charge is 0.164 e. The summed E-state index contributed by atoms with van der Waals surface area (Å²) >= 11 is 3.24. The van der Waals surface area contributed by atoms with E-state index in [4.69, 9.17) is 0 Å². The number of Topliss-reactive ketones (excluding diaryl/α,β-unsaturated/α-hetero) is 1. The summed E-state index contributed by atoms with van der Waals surface area (Å²) in [5.41, 5.74) is 4.71. The number of halogens is 2. The number of rotatable bonds is 1. The summed E-state index contributed by atoms with van der Waals surface area (Å²) in [6.45, 7) is 3.88. The van der Waals surface area contributed by atoms with Gasteiger partial charge in [-0.1, -0.05) is 0 Å². The molecule has 0 bridgehead atoms. The molecule has 1 aliphatic rings. The average Bonchev–Trinajstić information content (AvgIpc) is 2.72. The molecule has 2 nitrogen and oxygen atoms in total. The molecule has 0 saturated heterocycles. The van der Waals surface area contributed by atoms with Crippen LogP contribution in [-0.2, 0) is 6.42 Å². The van der Waals surface area contributed by atoms with Crippen LogP contribution in [0.3, 0.4) is 0 Å². The lowest BCUT2D eigenvalue weighted by Crippen LogP contribution is -2.13. The van der Waals surface area contributed by atoms with Crippen LogP contribution in [0.1, 0.15) is 40.2 Å². The Bertz CT molecular complexity index is 718. The van der Waals surface area contributed by atoms with Crippen molar-refractivity contribution in [3.05, 3.63) is 51.0 Å². The van der Waals surface area contributed by atoms with Crippen LogP contribution in [0.25, 0.3) is 5.69 Å². The van der Waals surface area contributed by atoms with E-state index >= 15 is 0 Å². The van der Waals surface area contributed by atoms with Gasteiger partial charge in [0.15, 0.2) is 5.78 Å². The van der Waals surface area contributed by atoms with Gasteiger partial charge in [0.1, 0.15) is 5.82 Å². The summed E-state index contributed by atoms with van der Waals surface area (Å²) in [5, 5.41) is 0. The maximum Gasteiger partial charge on any atom is 0.164 e. The molecule has 1 aromatic carbocycles. The van der Waals surface area contributed by atoms with E-state index in [2.05, 4.69) is 20.5 Å². The zero-order valence-electron chi connectivity index (χ0n) is 11.5. The lowest BCUT2D eigenvalue weighted by Gasteiger charge is -2.18. The van der Waals surface area contributed by atoms with Crippen molar-refractivity contribution in [2.24, 2.45) is 0 Å². The van der Waals surface area contributed by atoms with Crippen LogP contribution >= 0.6 is 15.9 Å². The maximum absolute atomic E-state index is 13.6. The molecule has 4 heteroatoms. The minimum Gasteiger partial charge on any atom is -0.317 e. The van der Waals surface area contributed by atoms with Crippen molar-refractivity contribution in [3.8, 4) is 5.69 Å². The molecule has 0 unspecified atom stereocenters. The third-order valence-corrected chi connectivity index (χ3v) is 4.49. The van der Waals surface area contributed by atoms with Crippen molar-refractivity contribution in [3.63, 3.8) is 0 Å². The molecule has 0 amide bonds. The number of nitrogens with zero attached hydrogens (tertiary/aromatic N) is 1. The van der Waals surface area contributed by atoms with E-state index in [1.54, 1.807) is 6.07 Å². The fourth-order valence-electron chi connectivity index (χ4n) is 2.94. The van der Waals surface area contributed by atoms with Crippen LogP contribution in [0.15, 0.2) is 22.7 Å². The molecule has 1 heterocycles. The second kappa shape index (κ2) is 4.85. The van der Waals surface area contributed by atoms with Crippen LogP contribution in [0, 0.1) is 19.7 Å². The van der Waals surface area contributed by atoms with Crippen LogP contribution in [0.4, 0.5) is 4.39 Å². The Morgan fingerprint density at radius 1 is 1.20 bits per heavy atom. The predicted octanol–water partition coefficient (Wildman–Crippen LogP) is 4.51. The van der Waals surface area contributed by atoms with Crippen LogP contribution in [0.2, 0.25) is 0 Å². The van der Waals surface area contributed by atoms with Gasteiger partial charge in [0, 0.05) is 29.1 Å². The molecular formula is C16H15BrFNO. The van der Waals surface area contributed by atoms with Crippen LogP contribution in [0.5, 0.6) is 0 Å². The van der Waals surface area contributed by atoms with Gasteiger partial charge in [-0.2, -0.15) is 0 Å². The molecule has 20 heavy (non-hydrogen) atoms. The van der Waals surface area contributed by atoms with Crippen LogP contribution in [-0.4, -0.2) is 10.4 Å². The second-order valence-corrected chi connectivity index (χ2v) is 6.17. The van der Waals surface area contributed by atoms with Crippen molar-refractivity contribution in [2.75, 3.05) is 0 Å². The Labute approximate surface area is 125 Å². The molecule has 0 fully saturated rings. The van der Waals surface area contributed by atoms with Crippen molar-refractivity contribution >= 4 is 21.7 Å². The molecule has 3 rings (SSSR count). The molecule has 104 valence electrons. The van der Waals surface area contributed by atoms with Gasteiger partial charge in [-0.25, -0.2) is 4.39 Å². The lowest BCUT2D eigenvalue weighted by atomic mass is 9.96. The zero-order valence-corrected chi connectivity index (χ0v) is 13.1. The van der Waals surface area contributed by atoms with Gasteiger partial charge in [-0.05, 0) is 66.4 Å². The highest BCUT2D eigenvalue weighted by atomic mass is 79.9. The highest BCUT2D eigenvalue weighted by molar-refractivity contribution is 9.10. The molecular weight excluding hydrogens is 321 g/mol. The van der Waals surface area contributed by atoms with E-state index in [0.717, 1.165) is 41.0 Å². The Morgan fingerprint density at radius 2 is 1.95 bits per heavy atom. The predicted molar refractivity (Wildman–Crippen MR) is 80.2 cm³/mol. The lowest BCUT2D eigenvalue weighted by molar-refractivity contribution is 0.0972. The first-order chi connectivity index (χ1) is 9.49. The first-order valence-electron chi connectivity index (χ1n) is 6.69. The second-order valence-electron chi connectivity index (χ2n) is 5.31. The summed E-state index contributed by atoms with van der Waals surface area (Å²) in [6, 6.07) is 5.26. The molecule has 1 aliphatic carbocycles. The Morgan fingerprint density at radius 3 is 2.70 bits per heavy atom. The molecule has 0 atom stereocenters. The van der Waals surface area contributed by atoms with Gasteiger partial charge in [0.25, 0.3) is 0 Å². The van der Waals surface area contributed by atoms with E-state index in [-0.39, 0.29) is 11.6 Å². The number of benzene rings is 1. The average molecular weight is 336 g/mol. The van der Waals surface area contributed by atoms with Gasteiger partial charge in [0.05, 0.1) is 4.47 Å². The first kappa shape index (κ1) is 13.6. The summed E-state index contributed by atoms with van der Waals surface area (Å²) < 4.78 is 16.1. The van der Waals surface area contributed by atoms with Gasteiger partial charge >= 0.3 is 0 Å². The minimum absolute atomic E-state index is 0.215. The van der Waals surface area contributed by atoms with E-state index < -0.39 is 0 Å². The fourth-order valence-corrected chi connectivity index (χ4v) is 3.27. The van der Waals surface area contributed by atoms with Crippen molar-refractivity contribution in [2.45, 2.75) is 33.1 Å². The largest absolute Gasteiger partial charge is 0.317 e. The molecule has 0 aliphatic heterocycles. The van der Waals surface area contributed by atoms with Crippen molar-refractivity contribution in [1.29, 1.82) is 0 Å². The Balaban J connectivity index is 2.26. The minimum atomic E-state index is -0.263. The fraction of sp³-hybridized carbons (Fsp3) is 0.312. The summed E-state index contributed by atoms with van der Waals surface area (Å²) in [4.78, 5) is 12.0. The third kappa shape index (κ3) is 2.03. The van der Waals surface area contributed by atoms with Gasteiger partial charge in [-0.3, -0.25) is 4.79 Å². The van der Waals surface area contributed by atoms with Gasteiger partial charge < -0.3 is 4.57 Å². The topological polar surface area (TPSA) is 22.0 Å². The highest BCUT2D eigenvalue weighted by Gasteiger charge is 2.24. The molecule has 0 N–H and O–H groups in total. The number of carbonyl (C=O) groups is 1. The molecule has 0 saturated carbocycles. The summed E-state index contributed by atoms with van der Waals surface area (Å²) in [6.07, 6.45) is 2.41.